The van der Waals surface area contributed by atoms with Gasteiger partial charge in [0, 0.05) is 12.6 Å². The molecule has 0 atom stereocenters. The summed E-state index contributed by atoms with van der Waals surface area (Å²) in [4.78, 5) is 25.9. The van der Waals surface area contributed by atoms with Gasteiger partial charge in [-0.1, -0.05) is 37.3 Å². The highest BCUT2D eigenvalue weighted by Gasteiger charge is 2.18. The number of hydrogen-bond donors (Lipinski definition) is 1. The standard InChI is InChI=1S/C19H22N2O3/c1-4-15-9-5-7-11-17(15)21(14(2)22)13-19(23)20-16-10-6-8-12-18(16)24-3/h5-12H,4,13H2,1-3H3,(H,20,23). The Kier molecular flexibility index (Phi) is 5.95. The molecule has 0 aromatic heterocycles. The monoisotopic (exact) mass is 326 g/mol. The van der Waals surface area contributed by atoms with E-state index in [1.54, 1.807) is 19.2 Å². The predicted octanol–water partition coefficient (Wildman–Crippen LogP) is 3.25. The Bertz CT molecular complexity index is 728. The van der Waals surface area contributed by atoms with Crippen LogP contribution >= 0.6 is 0 Å². The second-order valence-corrected chi connectivity index (χ2v) is 5.34. The summed E-state index contributed by atoms with van der Waals surface area (Å²) in [5.74, 6) is 0.126. The summed E-state index contributed by atoms with van der Waals surface area (Å²) < 4.78 is 5.22. The zero-order valence-electron chi connectivity index (χ0n) is 14.2. The topological polar surface area (TPSA) is 58.6 Å². The molecule has 0 radical (unpaired) electrons. The van der Waals surface area contributed by atoms with Gasteiger partial charge < -0.3 is 15.0 Å². The third kappa shape index (κ3) is 4.13. The molecule has 0 spiro atoms. The van der Waals surface area contributed by atoms with Crippen LogP contribution < -0.4 is 15.0 Å². The number of rotatable bonds is 6. The Hall–Kier alpha value is -2.82. The number of nitrogens with zero attached hydrogens (tertiary/aromatic N) is 1. The van der Waals surface area contributed by atoms with E-state index in [-0.39, 0.29) is 18.4 Å². The first kappa shape index (κ1) is 17.5. The molecule has 2 aromatic carbocycles. The SMILES string of the molecule is CCc1ccccc1N(CC(=O)Nc1ccccc1OC)C(C)=O. The highest BCUT2D eigenvalue weighted by atomic mass is 16.5. The Labute approximate surface area is 142 Å². The number of amides is 2. The van der Waals surface area contributed by atoms with Crippen LogP contribution in [0.25, 0.3) is 0 Å². The van der Waals surface area contributed by atoms with Crippen molar-refractivity contribution in [3.63, 3.8) is 0 Å². The van der Waals surface area contributed by atoms with Gasteiger partial charge in [-0.3, -0.25) is 9.59 Å². The maximum Gasteiger partial charge on any atom is 0.244 e. The fourth-order valence-electron chi connectivity index (χ4n) is 2.52. The number of benzene rings is 2. The molecule has 0 saturated heterocycles. The van der Waals surface area contributed by atoms with E-state index >= 15 is 0 Å². The first-order chi connectivity index (χ1) is 11.6. The van der Waals surface area contributed by atoms with Gasteiger partial charge in [-0.15, -0.1) is 0 Å². The second-order valence-electron chi connectivity index (χ2n) is 5.34. The van der Waals surface area contributed by atoms with E-state index in [0.717, 1.165) is 17.7 Å². The quantitative estimate of drug-likeness (QED) is 0.886. The third-order valence-corrected chi connectivity index (χ3v) is 3.73. The summed E-state index contributed by atoms with van der Waals surface area (Å²) in [5.41, 5.74) is 2.37. The first-order valence-electron chi connectivity index (χ1n) is 7.85. The van der Waals surface area contributed by atoms with Crippen molar-refractivity contribution in [3.8, 4) is 5.75 Å². The minimum atomic E-state index is -0.277. The Morgan fingerprint density at radius 3 is 2.42 bits per heavy atom. The molecule has 0 aliphatic heterocycles. The second kappa shape index (κ2) is 8.15. The molecule has 1 N–H and O–H groups in total. The first-order valence-corrected chi connectivity index (χ1v) is 7.85. The maximum absolute atomic E-state index is 12.4. The van der Waals surface area contributed by atoms with Crippen molar-refractivity contribution in [2.45, 2.75) is 20.3 Å². The van der Waals surface area contributed by atoms with Crippen LogP contribution in [-0.4, -0.2) is 25.5 Å². The van der Waals surface area contributed by atoms with Gasteiger partial charge in [0.2, 0.25) is 11.8 Å². The zero-order chi connectivity index (χ0) is 17.5. The molecule has 0 bridgehead atoms. The van der Waals surface area contributed by atoms with Crippen LogP contribution in [0.2, 0.25) is 0 Å². The number of methoxy groups -OCH3 is 1. The minimum Gasteiger partial charge on any atom is -0.495 e. The molecule has 24 heavy (non-hydrogen) atoms. The van der Waals surface area contributed by atoms with Gasteiger partial charge in [-0.2, -0.15) is 0 Å². The molecule has 0 aliphatic carbocycles. The van der Waals surface area contributed by atoms with Gasteiger partial charge in [0.05, 0.1) is 12.8 Å². The van der Waals surface area contributed by atoms with Crippen molar-refractivity contribution in [2.75, 3.05) is 23.9 Å². The van der Waals surface area contributed by atoms with Crippen LogP contribution in [0.15, 0.2) is 48.5 Å². The van der Waals surface area contributed by atoms with Crippen LogP contribution in [0.4, 0.5) is 11.4 Å². The Balaban J connectivity index is 2.19. The summed E-state index contributed by atoms with van der Waals surface area (Å²) in [6.45, 7) is 3.43. The lowest BCUT2D eigenvalue weighted by Gasteiger charge is -2.23. The molecule has 0 heterocycles. The van der Waals surface area contributed by atoms with E-state index in [1.807, 2.05) is 43.3 Å². The van der Waals surface area contributed by atoms with Gasteiger partial charge in [0.1, 0.15) is 12.3 Å². The number of carbonyl (C=O) groups is 2. The van der Waals surface area contributed by atoms with E-state index in [1.165, 1.54) is 11.8 Å². The molecule has 2 aromatic rings. The average Bonchev–Trinajstić information content (AvgIpc) is 2.60. The van der Waals surface area contributed by atoms with Crippen molar-refractivity contribution < 1.29 is 14.3 Å². The normalized spacial score (nSPS) is 10.1. The predicted molar refractivity (Wildman–Crippen MR) is 95.5 cm³/mol. The maximum atomic E-state index is 12.4. The number of para-hydroxylation sites is 3. The van der Waals surface area contributed by atoms with E-state index in [2.05, 4.69) is 5.32 Å². The van der Waals surface area contributed by atoms with Crippen molar-refractivity contribution in [1.82, 2.24) is 0 Å². The fraction of sp³-hybridized carbons (Fsp3) is 0.263. The molecule has 0 aliphatic rings. The summed E-state index contributed by atoms with van der Waals surface area (Å²) in [6.07, 6.45) is 0.786. The lowest BCUT2D eigenvalue weighted by atomic mass is 10.1. The molecule has 126 valence electrons. The summed E-state index contributed by atoms with van der Waals surface area (Å²) in [6, 6.07) is 14.8. The van der Waals surface area contributed by atoms with Crippen molar-refractivity contribution >= 4 is 23.2 Å². The van der Waals surface area contributed by atoms with Crippen LogP contribution in [0.1, 0.15) is 19.4 Å². The highest BCUT2D eigenvalue weighted by Crippen LogP contribution is 2.24. The van der Waals surface area contributed by atoms with E-state index < -0.39 is 0 Å². The lowest BCUT2D eigenvalue weighted by molar-refractivity contribution is -0.120. The van der Waals surface area contributed by atoms with Crippen molar-refractivity contribution in [3.05, 3.63) is 54.1 Å². The summed E-state index contributed by atoms with van der Waals surface area (Å²) in [5, 5.41) is 2.80. The molecule has 2 rings (SSSR count). The van der Waals surface area contributed by atoms with Crippen LogP contribution in [0.5, 0.6) is 5.75 Å². The molecule has 2 amide bonds. The highest BCUT2D eigenvalue weighted by molar-refractivity contribution is 6.02. The van der Waals surface area contributed by atoms with Gasteiger partial charge in [-0.25, -0.2) is 0 Å². The van der Waals surface area contributed by atoms with Gasteiger partial charge >= 0.3 is 0 Å². The molecule has 5 nitrogen and oxygen atoms in total. The van der Waals surface area contributed by atoms with Crippen LogP contribution in [-0.2, 0) is 16.0 Å². The van der Waals surface area contributed by atoms with Gasteiger partial charge in [0.25, 0.3) is 0 Å². The largest absolute Gasteiger partial charge is 0.495 e. The fourth-order valence-corrected chi connectivity index (χ4v) is 2.52. The average molecular weight is 326 g/mol. The van der Waals surface area contributed by atoms with Crippen molar-refractivity contribution in [2.24, 2.45) is 0 Å². The van der Waals surface area contributed by atoms with E-state index in [0.29, 0.717) is 11.4 Å². The molecular formula is C19H22N2O3. The van der Waals surface area contributed by atoms with Crippen LogP contribution in [0, 0.1) is 0 Å². The number of ether oxygens (including phenoxy) is 1. The minimum absolute atomic E-state index is 0.0512. The third-order valence-electron chi connectivity index (χ3n) is 3.73. The number of carbonyl (C=O) groups excluding carboxylic acids is 2. The van der Waals surface area contributed by atoms with E-state index in [4.69, 9.17) is 4.74 Å². The smallest absolute Gasteiger partial charge is 0.244 e. The zero-order valence-corrected chi connectivity index (χ0v) is 14.2. The lowest BCUT2D eigenvalue weighted by Crippen LogP contribution is -2.37. The van der Waals surface area contributed by atoms with Gasteiger partial charge in [-0.05, 0) is 30.2 Å². The van der Waals surface area contributed by atoms with Crippen LogP contribution in [0.3, 0.4) is 0 Å². The Morgan fingerprint density at radius 2 is 1.75 bits per heavy atom. The molecule has 0 unspecified atom stereocenters. The Morgan fingerprint density at radius 1 is 1.08 bits per heavy atom. The number of anilines is 2. The van der Waals surface area contributed by atoms with Crippen molar-refractivity contribution in [1.29, 1.82) is 0 Å². The number of aryl methyl sites for hydroxylation is 1. The molecule has 0 fully saturated rings. The number of nitrogens with one attached hydrogen (secondary N) is 1. The molecular weight excluding hydrogens is 304 g/mol. The van der Waals surface area contributed by atoms with E-state index in [9.17, 15) is 9.59 Å². The summed E-state index contributed by atoms with van der Waals surface area (Å²) >= 11 is 0. The molecule has 5 heteroatoms. The number of hydrogen-bond acceptors (Lipinski definition) is 3. The summed E-state index contributed by atoms with van der Waals surface area (Å²) in [7, 11) is 1.55. The molecule has 0 saturated carbocycles. The van der Waals surface area contributed by atoms with Gasteiger partial charge in [0.15, 0.2) is 0 Å².